The van der Waals surface area contributed by atoms with Crippen molar-refractivity contribution in [3.05, 3.63) is 26.4 Å². The monoisotopic (exact) mass is 308 g/mol. The molecule has 1 heterocycles. The summed E-state index contributed by atoms with van der Waals surface area (Å²) in [4.78, 5) is 7.24. The number of halogens is 3. The number of aromatic amines is 1. The maximum atomic E-state index is 5.84. The van der Waals surface area contributed by atoms with Gasteiger partial charge in [0, 0.05) is 9.50 Å². The molecule has 0 radical (unpaired) electrons. The maximum Gasteiger partial charge on any atom is 0.175 e. The topological polar surface area (TPSA) is 28.7 Å². The van der Waals surface area contributed by atoms with E-state index in [1.54, 1.807) is 0 Å². The second-order valence-corrected chi connectivity index (χ2v) is 4.35. The minimum Gasteiger partial charge on any atom is -0.332 e. The van der Waals surface area contributed by atoms with Crippen LogP contribution in [0.1, 0.15) is 0 Å². The van der Waals surface area contributed by atoms with Gasteiger partial charge in [-0.15, -0.1) is 0 Å². The number of benzene rings is 1. The maximum absolute atomic E-state index is 5.84. The number of H-pyrrole nitrogens is 1. The van der Waals surface area contributed by atoms with Crippen LogP contribution in [-0.4, -0.2) is 9.97 Å². The van der Waals surface area contributed by atoms with E-state index in [1.165, 1.54) is 0 Å². The van der Waals surface area contributed by atoms with Gasteiger partial charge in [0.05, 0.1) is 5.52 Å². The first kappa shape index (κ1) is 8.53. The van der Waals surface area contributed by atoms with Gasteiger partial charge in [0.2, 0.25) is 0 Å². The van der Waals surface area contributed by atoms with Crippen LogP contribution in [0.5, 0.6) is 0 Å². The summed E-state index contributed by atoms with van der Waals surface area (Å²) in [6.45, 7) is 0. The Morgan fingerprint density at radius 1 is 1.33 bits per heavy atom. The number of imidazole rings is 1. The van der Waals surface area contributed by atoms with Crippen molar-refractivity contribution in [1.29, 1.82) is 0 Å². The van der Waals surface area contributed by atoms with Gasteiger partial charge in [0.1, 0.15) is 5.52 Å². The molecule has 1 aromatic heterocycles. The highest BCUT2D eigenvalue weighted by molar-refractivity contribution is 9.11. The van der Waals surface area contributed by atoms with E-state index in [0.717, 1.165) is 15.5 Å². The molecule has 2 nitrogen and oxygen atoms in total. The zero-order valence-corrected chi connectivity index (χ0v) is 9.66. The Bertz CT molecular complexity index is 438. The molecule has 62 valence electrons. The minimum atomic E-state index is 0.686. The summed E-state index contributed by atoms with van der Waals surface area (Å²) in [5.41, 5.74) is 1.80. The number of fused-ring (bicyclic) bond motifs is 1. The zero-order valence-electron chi connectivity index (χ0n) is 5.74. The average Bonchev–Trinajstić information content (AvgIpc) is 2.29. The lowest BCUT2D eigenvalue weighted by molar-refractivity contribution is 1.27. The highest BCUT2D eigenvalue weighted by atomic mass is 79.9. The van der Waals surface area contributed by atoms with E-state index in [9.17, 15) is 0 Å². The average molecular weight is 310 g/mol. The summed E-state index contributed by atoms with van der Waals surface area (Å²) in [7, 11) is 0. The molecular weight excluding hydrogens is 307 g/mol. The standard InChI is InChI=1S/C7H3Br2ClN2/c8-4-1-3(10)2-5-6(4)12-7(9)11-5/h1-2H,(H,11,12). The minimum absolute atomic E-state index is 0.686. The summed E-state index contributed by atoms with van der Waals surface area (Å²) >= 11 is 12.5. The fraction of sp³-hybridized carbons (Fsp3) is 0. The quantitative estimate of drug-likeness (QED) is 0.789. The normalized spacial score (nSPS) is 10.9. The van der Waals surface area contributed by atoms with Crippen LogP contribution in [0, 0.1) is 0 Å². The van der Waals surface area contributed by atoms with Crippen molar-refractivity contribution in [2.45, 2.75) is 0 Å². The predicted molar refractivity (Wildman–Crippen MR) is 56.5 cm³/mol. The molecule has 0 aliphatic heterocycles. The van der Waals surface area contributed by atoms with E-state index in [0.29, 0.717) is 9.76 Å². The third-order valence-corrected chi connectivity index (χ3v) is 2.67. The molecule has 2 rings (SSSR count). The van der Waals surface area contributed by atoms with Crippen LogP contribution < -0.4 is 0 Å². The van der Waals surface area contributed by atoms with Crippen molar-refractivity contribution in [1.82, 2.24) is 9.97 Å². The Labute approximate surface area is 90.6 Å². The third kappa shape index (κ3) is 1.39. The molecule has 1 aromatic carbocycles. The highest BCUT2D eigenvalue weighted by Gasteiger charge is 2.05. The molecule has 1 N–H and O–H groups in total. The zero-order chi connectivity index (χ0) is 8.72. The SMILES string of the molecule is Clc1cc(Br)c2nc(Br)[nH]c2c1. The first-order valence-corrected chi connectivity index (χ1v) is 5.13. The van der Waals surface area contributed by atoms with Gasteiger partial charge in [0.25, 0.3) is 0 Å². The number of aromatic nitrogens is 2. The Balaban J connectivity index is 2.88. The van der Waals surface area contributed by atoms with Gasteiger partial charge in [-0.25, -0.2) is 4.98 Å². The number of rotatable bonds is 0. The summed E-state index contributed by atoms with van der Waals surface area (Å²) in [6, 6.07) is 3.65. The van der Waals surface area contributed by atoms with Crippen LogP contribution in [0.4, 0.5) is 0 Å². The van der Waals surface area contributed by atoms with E-state index in [4.69, 9.17) is 11.6 Å². The largest absolute Gasteiger partial charge is 0.332 e. The van der Waals surface area contributed by atoms with Crippen LogP contribution in [0.2, 0.25) is 5.02 Å². The van der Waals surface area contributed by atoms with Gasteiger partial charge in [-0.2, -0.15) is 0 Å². The predicted octanol–water partition coefficient (Wildman–Crippen LogP) is 3.74. The van der Waals surface area contributed by atoms with Crippen molar-refractivity contribution in [3.8, 4) is 0 Å². The van der Waals surface area contributed by atoms with Gasteiger partial charge < -0.3 is 4.98 Å². The molecule has 0 aliphatic carbocycles. The van der Waals surface area contributed by atoms with Crippen LogP contribution in [0.25, 0.3) is 11.0 Å². The molecule has 0 bridgehead atoms. The molecular formula is C7H3Br2ClN2. The second kappa shape index (κ2) is 3.01. The van der Waals surface area contributed by atoms with Gasteiger partial charge in [-0.1, -0.05) is 11.6 Å². The lowest BCUT2D eigenvalue weighted by Gasteiger charge is -1.92. The highest BCUT2D eigenvalue weighted by Crippen LogP contribution is 2.27. The fourth-order valence-electron chi connectivity index (χ4n) is 1.01. The van der Waals surface area contributed by atoms with Crippen molar-refractivity contribution in [2.24, 2.45) is 0 Å². The number of hydrogen-bond acceptors (Lipinski definition) is 1. The van der Waals surface area contributed by atoms with Gasteiger partial charge >= 0.3 is 0 Å². The first-order chi connectivity index (χ1) is 5.66. The lowest BCUT2D eigenvalue weighted by atomic mass is 10.3. The van der Waals surface area contributed by atoms with Crippen molar-refractivity contribution in [2.75, 3.05) is 0 Å². The van der Waals surface area contributed by atoms with Gasteiger partial charge in [-0.05, 0) is 44.0 Å². The van der Waals surface area contributed by atoms with Gasteiger partial charge in [-0.3, -0.25) is 0 Å². The first-order valence-electron chi connectivity index (χ1n) is 3.17. The molecule has 0 aliphatic rings. The number of nitrogens with one attached hydrogen (secondary N) is 1. The molecule has 0 saturated carbocycles. The van der Waals surface area contributed by atoms with Crippen LogP contribution >= 0.6 is 43.5 Å². The van der Waals surface area contributed by atoms with Gasteiger partial charge in [0.15, 0.2) is 4.73 Å². The van der Waals surface area contributed by atoms with Crippen molar-refractivity contribution >= 4 is 54.5 Å². The number of nitrogens with zero attached hydrogens (tertiary/aromatic N) is 1. The smallest absolute Gasteiger partial charge is 0.175 e. The fourth-order valence-corrected chi connectivity index (χ4v) is 2.30. The molecule has 0 unspecified atom stereocenters. The molecule has 0 amide bonds. The van der Waals surface area contributed by atoms with Crippen LogP contribution in [0.15, 0.2) is 21.3 Å². The van der Waals surface area contributed by atoms with Crippen molar-refractivity contribution < 1.29 is 0 Å². The Hall–Kier alpha value is -0.0600. The summed E-state index contributed by atoms with van der Waals surface area (Å²) < 4.78 is 1.60. The molecule has 0 atom stereocenters. The van der Waals surface area contributed by atoms with E-state index in [-0.39, 0.29) is 0 Å². The van der Waals surface area contributed by atoms with E-state index >= 15 is 0 Å². The Kier molecular flexibility index (Phi) is 2.14. The van der Waals surface area contributed by atoms with E-state index < -0.39 is 0 Å². The third-order valence-electron chi connectivity index (χ3n) is 1.48. The Morgan fingerprint density at radius 2 is 2.08 bits per heavy atom. The summed E-state index contributed by atoms with van der Waals surface area (Å²) in [5.74, 6) is 0. The molecule has 2 aromatic rings. The Morgan fingerprint density at radius 3 is 2.83 bits per heavy atom. The van der Waals surface area contributed by atoms with E-state index in [1.807, 2.05) is 12.1 Å². The lowest BCUT2D eigenvalue weighted by Crippen LogP contribution is -1.72. The molecule has 12 heavy (non-hydrogen) atoms. The summed E-state index contributed by atoms with van der Waals surface area (Å²) in [5, 5.41) is 0.686. The molecule has 5 heteroatoms. The van der Waals surface area contributed by atoms with Crippen molar-refractivity contribution in [3.63, 3.8) is 0 Å². The van der Waals surface area contributed by atoms with E-state index in [2.05, 4.69) is 41.8 Å². The molecule has 0 fully saturated rings. The molecule has 0 saturated heterocycles. The number of hydrogen-bond donors (Lipinski definition) is 1. The van der Waals surface area contributed by atoms with Crippen LogP contribution in [0.3, 0.4) is 0 Å². The summed E-state index contributed by atoms with van der Waals surface area (Å²) in [6.07, 6.45) is 0. The molecule has 0 spiro atoms. The second-order valence-electron chi connectivity index (χ2n) is 2.31. The van der Waals surface area contributed by atoms with Crippen LogP contribution in [-0.2, 0) is 0 Å².